The molecule has 0 amide bonds. The van der Waals surface area contributed by atoms with Crippen LogP contribution in [0.2, 0.25) is 0 Å². The lowest BCUT2D eigenvalue weighted by Gasteiger charge is -2.13. The lowest BCUT2D eigenvalue weighted by molar-refractivity contribution is 0.535. The number of aromatic nitrogens is 2. The average Bonchev–Trinajstić information content (AvgIpc) is 2.35. The van der Waals surface area contributed by atoms with E-state index in [9.17, 15) is 13.6 Å². The van der Waals surface area contributed by atoms with Gasteiger partial charge in [-0.3, -0.25) is 4.57 Å². The van der Waals surface area contributed by atoms with E-state index in [-0.39, 0.29) is 12.1 Å². The molecule has 2 aromatic rings. The van der Waals surface area contributed by atoms with Crippen LogP contribution in [0.5, 0.6) is 0 Å². The third-order valence-electron chi connectivity index (χ3n) is 2.91. The first-order valence-electron chi connectivity index (χ1n) is 5.58. The summed E-state index contributed by atoms with van der Waals surface area (Å²) in [7, 11) is 0. The second-order valence-electron chi connectivity index (χ2n) is 4.17. The van der Waals surface area contributed by atoms with Crippen molar-refractivity contribution in [2.75, 3.05) is 0 Å². The molecule has 1 aromatic heterocycles. The third-order valence-corrected chi connectivity index (χ3v) is 4.06. The van der Waals surface area contributed by atoms with Gasteiger partial charge in [-0.25, -0.2) is 13.6 Å². The summed E-state index contributed by atoms with van der Waals surface area (Å²) in [5, 5.41) is 0. The molecule has 3 nitrogen and oxygen atoms in total. The molecule has 19 heavy (non-hydrogen) atoms. The minimum atomic E-state index is -0.678. The van der Waals surface area contributed by atoms with Crippen LogP contribution in [0.3, 0.4) is 0 Å². The van der Waals surface area contributed by atoms with Gasteiger partial charge in [0, 0.05) is 11.3 Å². The molecule has 0 fully saturated rings. The second kappa shape index (κ2) is 5.21. The van der Waals surface area contributed by atoms with Crippen LogP contribution in [-0.4, -0.2) is 9.55 Å². The van der Waals surface area contributed by atoms with E-state index in [0.29, 0.717) is 15.9 Å². The summed E-state index contributed by atoms with van der Waals surface area (Å²) in [5.41, 5.74) is 0.457. The van der Waals surface area contributed by atoms with Gasteiger partial charge in [0.1, 0.15) is 11.6 Å². The molecule has 1 aromatic carbocycles. The SMILES string of the molecule is Cc1nc(=O)n(Cc2c(F)cccc2F)c(C)c1Br. The quantitative estimate of drug-likeness (QED) is 0.849. The molecule has 100 valence electrons. The van der Waals surface area contributed by atoms with Crippen molar-refractivity contribution in [3.05, 3.63) is 61.7 Å². The smallest absolute Gasteiger partial charge is 0.291 e. The van der Waals surface area contributed by atoms with E-state index < -0.39 is 17.3 Å². The molecule has 0 saturated heterocycles. The highest BCUT2D eigenvalue weighted by molar-refractivity contribution is 9.10. The number of nitrogens with zero attached hydrogens (tertiary/aromatic N) is 2. The van der Waals surface area contributed by atoms with Crippen molar-refractivity contribution >= 4 is 15.9 Å². The Bertz CT molecular complexity index is 678. The van der Waals surface area contributed by atoms with Gasteiger partial charge in [0.2, 0.25) is 0 Å². The van der Waals surface area contributed by atoms with E-state index in [1.807, 2.05) is 0 Å². The molecule has 2 rings (SSSR count). The molecule has 0 bridgehead atoms. The van der Waals surface area contributed by atoms with Crippen molar-refractivity contribution in [2.45, 2.75) is 20.4 Å². The zero-order chi connectivity index (χ0) is 14.2. The maximum absolute atomic E-state index is 13.6. The molecule has 1 heterocycles. The van der Waals surface area contributed by atoms with E-state index in [0.717, 1.165) is 12.1 Å². The van der Waals surface area contributed by atoms with Crippen molar-refractivity contribution in [3.63, 3.8) is 0 Å². The van der Waals surface area contributed by atoms with Crippen molar-refractivity contribution in [3.8, 4) is 0 Å². The van der Waals surface area contributed by atoms with Crippen LogP contribution in [0.4, 0.5) is 8.78 Å². The molecular weight excluding hydrogens is 318 g/mol. The Morgan fingerprint density at radius 1 is 1.26 bits per heavy atom. The molecule has 0 aliphatic rings. The van der Waals surface area contributed by atoms with E-state index in [2.05, 4.69) is 20.9 Å². The highest BCUT2D eigenvalue weighted by atomic mass is 79.9. The zero-order valence-corrected chi connectivity index (χ0v) is 12.0. The normalized spacial score (nSPS) is 10.8. The van der Waals surface area contributed by atoms with Gasteiger partial charge in [0.15, 0.2) is 0 Å². The highest BCUT2D eigenvalue weighted by Gasteiger charge is 2.14. The van der Waals surface area contributed by atoms with Gasteiger partial charge in [0.05, 0.1) is 16.7 Å². The van der Waals surface area contributed by atoms with Gasteiger partial charge in [-0.1, -0.05) is 6.07 Å². The molecule has 6 heteroatoms. The summed E-state index contributed by atoms with van der Waals surface area (Å²) in [6.07, 6.45) is 0. The lowest BCUT2D eigenvalue weighted by atomic mass is 10.2. The molecule has 0 radical (unpaired) electrons. The Morgan fingerprint density at radius 2 is 1.84 bits per heavy atom. The zero-order valence-electron chi connectivity index (χ0n) is 10.4. The number of hydrogen-bond acceptors (Lipinski definition) is 2. The number of aryl methyl sites for hydroxylation is 1. The lowest BCUT2D eigenvalue weighted by Crippen LogP contribution is -2.27. The molecule has 0 saturated carbocycles. The van der Waals surface area contributed by atoms with Gasteiger partial charge in [-0.15, -0.1) is 0 Å². The summed E-state index contributed by atoms with van der Waals surface area (Å²) in [6.45, 7) is 3.19. The van der Waals surface area contributed by atoms with Gasteiger partial charge >= 0.3 is 5.69 Å². The van der Waals surface area contributed by atoms with Crippen LogP contribution in [0, 0.1) is 25.5 Å². The molecule has 0 spiro atoms. The number of benzene rings is 1. The summed E-state index contributed by atoms with van der Waals surface area (Å²) >= 11 is 3.30. The third kappa shape index (κ3) is 2.58. The van der Waals surface area contributed by atoms with Crippen LogP contribution in [0.25, 0.3) is 0 Å². The maximum Gasteiger partial charge on any atom is 0.348 e. The molecule has 0 N–H and O–H groups in total. The van der Waals surface area contributed by atoms with Crippen LogP contribution >= 0.6 is 15.9 Å². The molecule has 0 unspecified atom stereocenters. The minimum Gasteiger partial charge on any atom is -0.291 e. The van der Waals surface area contributed by atoms with Crippen LogP contribution in [-0.2, 0) is 6.54 Å². The monoisotopic (exact) mass is 328 g/mol. The first-order valence-corrected chi connectivity index (χ1v) is 6.37. The van der Waals surface area contributed by atoms with Gasteiger partial charge in [0.25, 0.3) is 0 Å². The van der Waals surface area contributed by atoms with Crippen LogP contribution in [0.1, 0.15) is 17.0 Å². The van der Waals surface area contributed by atoms with E-state index in [1.54, 1.807) is 13.8 Å². The largest absolute Gasteiger partial charge is 0.348 e. The Kier molecular flexibility index (Phi) is 3.80. The summed E-state index contributed by atoms with van der Waals surface area (Å²) in [4.78, 5) is 15.6. The van der Waals surface area contributed by atoms with Gasteiger partial charge < -0.3 is 0 Å². The topological polar surface area (TPSA) is 34.9 Å². The fraction of sp³-hybridized carbons (Fsp3) is 0.231. The molecule has 0 atom stereocenters. The Balaban J connectivity index is 2.57. The van der Waals surface area contributed by atoms with Crippen molar-refractivity contribution < 1.29 is 8.78 Å². The van der Waals surface area contributed by atoms with Gasteiger partial charge in [-0.05, 0) is 41.9 Å². The number of hydrogen-bond donors (Lipinski definition) is 0. The van der Waals surface area contributed by atoms with E-state index in [4.69, 9.17) is 0 Å². The molecule has 0 aliphatic heterocycles. The summed E-state index contributed by atoms with van der Waals surface area (Å²) in [6, 6.07) is 3.61. The predicted octanol–water partition coefficient (Wildman–Crippen LogP) is 2.95. The molecular formula is C13H11BrF2N2O. The standard InChI is InChI=1S/C13H11BrF2N2O/c1-7-12(14)8(2)18(13(19)17-7)6-9-10(15)4-3-5-11(9)16/h3-5H,6H2,1-2H3. The second-order valence-corrected chi connectivity index (χ2v) is 4.96. The highest BCUT2D eigenvalue weighted by Crippen LogP contribution is 2.19. The number of halogens is 3. The fourth-order valence-corrected chi connectivity index (χ4v) is 2.11. The Morgan fingerprint density at radius 3 is 2.42 bits per heavy atom. The molecule has 0 aliphatic carbocycles. The Labute approximate surface area is 117 Å². The summed E-state index contributed by atoms with van der Waals surface area (Å²) in [5.74, 6) is -1.36. The van der Waals surface area contributed by atoms with E-state index >= 15 is 0 Å². The number of rotatable bonds is 2. The van der Waals surface area contributed by atoms with Gasteiger partial charge in [-0.2, -0.15) is 4.98 Å². The van der Waals surface area contributed by atoms with Crippen LogP contribution < -0.4 is 5.69 Å². The van der Waals surface area contributed by atoms with E-state index in [1.165, 1.54) is 10.6 Å². The Hall–Kier alpha value is -1.56. The van der Waals surface area contributed by atoms with Crippen LogP contribution in [0.15, 0.2) is 27.5 Å². The van der Waals surface area contributed by atoms with Crippen molar-refractivity contribution in [1.29, 1.82) is 0 Å². The minimum absolute atomic E-state index is 0.148. The van der Waals surface area contributed by atoms with Crippen molar-refractivity contribution in [2.24, 2.45) is 0 Å². The summed E-state index contributed by atoms with van der Waals surface area (Å²) < 4.78 is 29.1. The average molecular weight is 329 g/mol. The fourth-order valence-electron chi connectivity index (χ4n) is 1.80. The predicted molar refractivity (Wildman–Crippen MR) is 71.1 cm³/mol. The van der Waals surface area contributed by atoms with Crippen molar-refractivity contribution in [1.82, 2.24) is 9.55 Å². The first kappa shape index (κ1) is 13.9. The maximum atomic E-state index is 13.6. The first-order chi connectivity index (χ1) is 8.91.